The van der Waals surface area contributed by atoms with Crippen molar-refractivity contribution >= 4 is 0 Å². The van der Waals surface area contributed by atoms with Gasteiger partial charge in [0.1, 0.15) is 6.54 Å². The van der Waals surface area contributed by atoms with Crippen molar-refractivity contribution in [1.29, 1.82) is 0 Å². The Labute approximate surface area is 260 Å². The monoisotopic (exact) mass is 571 g/mol. The van der Waals surface area contributed by atoms with E-state index in [1.54, 1.807) is 11.1 Å². The average molecular weight is 571 g/mol. The number of nitrogens with zero attached hydrogens (tertiary/aromatic N) is 1. The fourth-order valence-electron chi connectivity index (χ4n) is 6.44. The first-order chi connectivity index (χ1) is 20.3. The molecule has 0 bridgehead atoms. The van der Waals surface area contributed by atoms with E-state index in [-0.39, 0.29) is 0 Å². The molecule has 1 rings (SSSR count). The third-order valence-corrected chi connectivity index (χ3v) is 9.32. The van der Waals surface area contributed by atoms with E-state index in [2.05, 4.69) is 43.8 Å². The van der Waals surface area contributed by atoms with Crippen LogP contribution in [-0.2, 0) is 19.4 Å². The van der Waals surface area contributed by atoms with E-state index in [1.165, 1.54) is 206 Å². The van der Waals surface area contributed by atoms with Crippen LogP contribution in [0.3, 0.4) is 0 Å². The van der Waals surface area contributed by atoms with Crippen molar-refractivity contribution in [3.63, 3.8) is 0 Å². The van der Waals surface area contributed by atoms with Gasteiger partial charge in [0.15, 0.2) is 12.4 Å². The van der Waals surface area contributed by atoms with E-state index in [9.17, 15) is 0 Å². The lowest BCUT2D eigenvalue weighted by Crippen LogP contribution is -2.34. The van der Waals surface area contributed by atoms with Crippen LogP contribution >= 0.6 is 0 Å². The maximum Gasteiger partial charge on any atom is 0.172 e. The van der Waals surface area contributed by atoms with Gasteiger partial charge in [0.25, 0.3) is 0 Å². The van der Waals surface area contributed by atoms with Gasteiger partial charge in [-0.05, 0) is 37.7 Å². The fourth-order valence-corrected chi connectivity index (χ4v) is 6.44. The minimum atomic E-state index is 1.21. The minimum absolute atomic E-state index is 1.21. The second-order valence-corrected chi connectivity index (χ2v) is 13.4. The normalized spacial score (nSPS) is 11.5. The van der Waals surface area contributed by atoms with Gasteiger partial charge in [0.2, 0.25) is 0 Å². The molecule has 1 heteroatoms. The van der Waals surface area contributed by atoms with Crippen LogP contribution in [0.2, 0.25) is 0 Å². The molecule has 0 unspecified atom stereocenters. The van der Waals surface area contributed by atoms with E-state index < -0.39 is 0 Å². The highest BCUT2D eigenvalue weighted by molar-refractivity contribution is 5.21. The molecule has 0 aliphatic rings. The van der Waals surface area contributed by atoms with Crippen molar-refractivity contribution in [1.82, 2.24) is 0 Å². The summed E-state index contributed by atoms with van der Waals surface area (Å²) in [5.74, 6) is 0. The number of rotatable bonds is 32. The maximum atomic E-state index is 2.54. The summed E-state index contributed by atoms with van der Waals surface area (Å²) in [6.45, 7) is 8.15. The SMILES string of the molecule is CCCCCCCCCCCCCCC[n+]1ccc(CCCCCCCCCC)c(CCCCCCCCCC)c1. The number of aromatic nitrogens is 1. The average Bonchev–Trinajstić information content (AvgIpc) is 2.99. The zero-order chi connectivity index (χ0) is 29.5. The molecular weight excluding hydrogens is 494 g/mol. The number of hydrogen-bond donors (Lipinski definition) is 0. The van der Waals surface area contributed by atoms with Crippen LogP contribution in [0.15, 0.2) is 18.5 Å². The lowest BCUT2D eigenvalue weighted by Gasteiger charge is -2.10. The van der Waals surface area contributed by atoms with E-state index in [0.29, 0.717) is 0 Å². The molecule has 0 spiro atoms. The summed E-state index contributed by atoms with van der Waals surface area (Å²) in [6, 6.07) is 2.49. The zero-order valence-corrected chi connectivity index (χ0v) is 28.8. The number of pyridine rings is 1. The van der Waals surface area contributed by atoms with E-state index in [1.807, 2.05) is 0 Å². The third kappa shape index (κ3) is 24.3. The highest BCUT2D eigenvalue weighted by Crippen LogP contribution is 2.18. The second kappa shape index (κ2) is 30.6. The van der Waals surface area contributed by atoms with Gasteiger partial charge >= 0.3 is 0 Å². The van der Waals surface area contributed by atoms with Gasteiger partial charge in [-0.1, -0.05) is 181 Å². The van der Waals surface area contributed by atoms with Gasteiger partial charge in [-0.25, -0.2) is 4.57 Å². The Hall–Kier alpha value is -0.850. The van der Waals surface area contributed by atoms with Crippen molar-refractivity contribution in [2.75, 3.05) is 0 Å². The maximum absolute atomic E-state index is 2.54. The van der Waals surface area contributed by atoms with Crippen LogP contribution in [0.4, 0.5) is 0 Å². The molecular formula is C40H76N+. The lowest BCUT2D eigenvalue weighted by molar-refractivity contribution is -0.697. The van der Waals surface area contributed by atoms with Crippen LogP contribution < -0.4 is 4.57 Å². The van der Waals surface area contributed by atoms with Gasteiger partial charge in [-0.15, -0.1) is 0 Å². The Morgan fingerprint density at radius 2 is 0.683 bits per heavy atom. The van der Waals surface area contributed by atoms with E-state index in [4.69, 9.17) is 0 Å². The minimum Gasteiger partial charge on any atom is -0.205 e. The van der Waals surface area contributed by atoms with Crippen molar-refractivity contribution in [2.24, 2.45) is 0 Å². The number of unbranched alkanes of at least 4 members (excludes halogenated alkanes) is 26. The van der Waals surface area contributed by atoms with Crippen molar-refractivity contribution in [3.05, 3.63) is 29.6 Å². The molecule has 0 aromatic carbocycles. The molecule has 1 nitrogen and oxygen atoms in total. The molecule has 1 aromatic heterocycles. The first kappa shape index (κ1) is 38.2. The molecule has 0 atom stereocenters. The van der Waals surface area contributed by atoms with Crippen LogP contribution in [0, 0.1) is 0 Å². The zero-order valence-electron chi connectivity index (χ0n) is 28.8. The molecule has 0 saturated carbocycles. The highest BCUT2D eigenvalue weighted by Gasteiger charge is 2.10. The molecule has 1 aromatic rings. The number of aryl methyl sites for hydroxylation is 3. The summed E-state index contributed by atoms with van der Waals surface area (Å²) in [4.78, 5) is 0. The number of hydrogen-bond acceptors (Lipinski definition) is 0. The molecule has 41 heavy (non-hydrogen) atoms. The quantitative estimate of drug-likeness (QED) is 0.0599. The van der Waals surface area contributed by atoms with Crippen molar-refractivity contribution in [2.45, 2.75) is 226 Å². The summed E-state index contributed by atoms with van der Waals surface area (Å²) < 4.78 is 2.52. The lowest BCUT2D eigenvalue weighted by atomic mass is 9.97. The molecule has 1 heterocycles. The van der Waals surface area contributed by atoms with Gasteiger partial charge in [0, 0.05) is 18.1 Å². The Balaban J connectivity index is 2.31. The smallest absolute Gasteiger partial charge is 0.172 e. The standard InChI is InChI=1S/C40H76N/c1-4-7-10-13-16-19-20-21-22-23-26-29-32-36-41-37-35-39(33-30-27-24-17-14-11-8-5-2)40(38-41)34-31-28-25-18-15-12-9-6-3/h35,37-38H,4-34,36H2,1-3H3/q+1. The van der Waals surface area contributed by atoms with Crippen LogP contribution in [0.1, 0.15) is 218 Å². The first-order valence-corrected chi connectivity index (χ1v) is 19.3. The summed E-state index contributed by atoms with van der Waals surface area (Å²) in [5.41, 5.74) is 3.32. The van der Waals surface area contributed by atoms with Gasteiger partial charge in [-0.3, -0.25) is 0 Å². The van der Waals surface area contributed by atoms with Crippen LogP contribution in [0.5, 0.6) is 0 Å². The van der Waals surface area contributed by atoms with E-state index in [0.717, 1.165) is 0 Å². The van der Waals surface area contributed by atoms with Crippen molar-refractivity contribution in [3.8, 4) is 0 Å². The third-order valence-electron chi connectivity index (χ3n) is 9.32. The molecule has 0 amide bonds. The van der Waals surface area contributed by atoms with Crippen molar-refractivity contribution < 1.29 is 4.57 Å². The van der Waals surface area contributed by atoms with Gasteiger partial charge < -0.3 is 0 Å². The fraction of sp³-hybridized carbons (Fsp3) is 0.875. The molecule has 0 aliphatic heterocycles. The van der Waals surface area contributed by atoms with E-state index >= 15 is 0 Å². The predicted octanol–water partition coefficient (Wildman–Crippen LogP) is 13.4. The summed E-state index contributed by atoms with van der Waals surface area (Å²) in [6.07, 6.45) is 48.9. The molecule has 0 fully saturated rings. The first-order valence-electron chi connectivity index (χ1n) is 19.3. The molecule has 0 aliphatic carbocycles. The Kier molecular flexibility index (Phi) is 28.5. The predicted molar refractivity (Wildman–Crippen MR) is 185 cm³/mol. The topological polar surface area (TPSA) is 3.88 Å². The summed E-state index contributed by atoms with van der Waals surface area (Å²) in [7, 11) is 0. The Morgan fingerprint density at radius 1 is 0.366 bits per heavy atom. The van der Waals surface area contributed by atoms with Gasteiger partial charge in [0.05, 0.1) is 0 Å². The highest BCUT2D eigenvalue weighted by atomic mass is 14.9. The summed E-state index contributed by atoms with van der Waals surface area (Å²) in [5, 5.41) is 0. The molecule has 0 N–H and O–H groups in total. The second-order valence-electron chi connectivity index (χ2n) is 13.4. The molecule has 0 radical (unpaired) electrons. The Morgan fingerprint density at radius 3 is 1.07 bits per heavy atom. The summed E-state index contributed by atoms with van der Waals surface area (Å²) >= 11 is 0. The molecule has 0 saturated heterocycles. The van der Waals surface area contributed by atoms with Gasteiger partial charge in [-0.2, -0.15) is 0 Å². The molecule has 240 valence electrons. The largest absolute Gasteiger partial charge is 0.205 e. The van der Waals surface area contributed by atoms with Crippen LogP contribution in [-0.4, -0.2) is 0 Å². The Bertz CT molecular complexity index is 650. The van der Waals surface area contributed by atoms with Crippen LogP contribution in [0.25, 0.3) is 0 Å².